The van der Waals surface area contributed by atoms with Crippen LogP contribution in [0.4, 0.5) is 0 Å². The highest BCUT2D eigenvalue weighted by atomic mass is 32.4. The van der Waals surface area contributed by atoms with Crippen LogP contribution in [0, 0.1) is 0 Å². The van der Waals surface area contributed by atoms with E-state index in [4.69, 9.17) is 11.8 Å². The molecule has 0 atom stereocenters. The summed E-state index contributed by atoms with van der Waals surface area (Å²) in [6, 6.07) is 0. The molecule has 1 N–H and O–H groups in total. The van der Waals surface area contributed by atoms with E-state index < -0.39 is 6.19 Å². The zero-order valence-electron chi connectivity index (χ0n) is 9.36. The van der Waals surface area contributed by atoms with Crippen molar-refractivity contribution in [3.63, 3.8) is 0 Å². The highest BCUT2D eigenvalue weighted by molar-refractivity contribution is 8.15. The van der Waals surface area contributed by atoms with Crippen LogP contribution in [0.25, 0.3) is 0 Å². The van der Waals surface area contributed by atoms with Crippen LogP contribution < -0.4 is 5.09 Å². The second kappa shape index (κ2) is 3.40. The second-order valence-electron chi connectivity index (χ2n) is 5.17. The SMILES string of the molecule is CNP(=S)(C(C)(C)C)C(C)(C)C. The topological polar surface area (TPSA) is 12.0 Å². The smallest absolute Gasteiger partial charge is 0.0224 e. The van der Waals surface area contributed by atoms with Gasteiger partial charge in [0, 0.05) is 16.5 Å². The summed E-state index contributed by atoms with van der Waals surface area (Å²) in [4.78, 5) is 0. The molecule has 0 radical (unpaired) electrons. The van der Waals surface area contributed by atoms with Crippen molar-refractivity contribution in [2.45, 2.75) is 51.9 Å². The van der Waals surface area contributed by atoms with Crippen LogP contribution in [0.1, 0.15) is 41.5 Å². The van der Waals surface area contributed by atoms with Gasteiger partial charge in [-0.3, -0.25) is 5.09 Å². The van der Waals surface area contributed by atoms with Gasteiger partial charge in [0.2, 0.25) is 0 Å². The Kier molecular flexibility index (Phi) is 3.57. The van der Waals surface area contributed by atoms with Gasteiger partial charge in [-0.25, -0.2) is 0 Å². The standard InChI is InChI=1S/C9H22NPS/c1-8(2,3)11(12,10-7)9(4,5)6/h1-7H3,(H,10,12). The van der Waals surface area contributed by atoms with Gasteiger partial charge in [0.15, 0.2) is 0 Å². The summed E-state index contributed by atoms with van der Waals surface area (Å²) in [6.45, 7) is 13.4. The first kappa shape index (κ1) is 12.6. The van der Waals surface area contributed by atoms with Crippen molar-refractivity contribution in [1.29, 1.82) is 0 Å². The van der Waals surface area contributed by atoms with E-state index in [2.05, 4.69) is 46.6 Å². The molecule has 0 heterocycles. The first-order chi connectivity index (χ1) is 5.06. The molecule has 0 aromatic rings. The molecule has 0 bridgehead atoms. The van der Waals surface area contributed by atoms with Crippen LogP contribution >= 0.6 is 6.19 Å². The van der Waals surface area contributed by atoms with Crippen molar-refractivity contribution in [2.75, 3.05) is 7.05 Å². The maximum Gasteiger partial charge on any atom is 0.0224 e. The number of hydrogen-bond acceptors (Lipinski definition) is 1. The lowest BCUT2D eigenvalue weighted by molar-refractivity contribution is 0.691. The summed E-state index contributed by atoms with van der Waals surface area (Å²) in [6.07, 6.45) is -1.48. The molecule has 74 valence electrons. The fraction of sp³-hybridized carbons (Fsp3) is 1.00. The van der Waals surface area contributed by atoms with E-state index in [-0.39, 0.29) is 10.3 Å². The molecule has 0 spiro atoms. The molecule has 0 saturated carbocycles. The first-order valence-corrected chi connectivity index (χ1v) is 7.16. The van der Waals surface area contributed by atoms with Crippen molar-refractivity contribution in [2.24, 2.45) is 0 Å². The van der Waals surface area contributed by atoms with Crippen molar-refractivity contribution in [3.05, 3.63) is 0 Å². The molecule has 0 aliphatic heterocycles. The lowest BCUT2D eigenvalue weighted by atomic mass is 10.2. The minimum atomic E-state index is -1.48. The molecule has 0 aliphatic rings. The molecule has 0 saturated heterocycles. The molecular formula is C9H22NPS. The molecule has 0 aromatic carbocycles. The summed E-state index contributed by atoms with van der Waals surface area (Å²) in [5.41, 5.74) is 0. The van der Waals surface area contributed by atoms with Crippen molar-refractivity contribution >= 4 is 18.0 Å². The predicted octanol–water partition coefficient (Wildman–Crippen LogP) is 3.20. The van der Waals surface area contributed by atoms with E-state index >= 15 is 0 Å². The Morgan fingerprint density at radius 3 is 1.17 bits per heavy atom. The summed E-state index contributed by atoms with van der Waals surface area (Å²) in [5.74, 6) is 0. The molecule has 0 amide bonds. The maximum atomic E-state index is 5.78. The highest BCUT2D eigenvalue weighted by Crippen LogP contribution is 2.63. The minimum absolute atomic E-state index is 0.204. The third kappa shape index (κ3) is 2.10. The van der Waals surface area contributed by atoms with Gasteiger partial charge in [-0.1, -0.05) is 53.3 Å². The highest BCUT2D eigenvalue weighted by Gasteiger charge is 2.40. The third-order valence-corrected chi connectivity index (χ3v) is 10.4. The Labute approximate surface area is 82.4 Å². The molecular weight excluding hydrogens is 185 g/mol. The van der Waals surface area contributed by atoms with Gasteiger partial charge in [0.05, 0.1) is 0 Å². The Morgan fingerprint density at radius 2 is 1.17 bits per heavy atom. The molecule has 12 heavy (non-hydrogen) atoms. The van der Waals surface area contributed by atoms with Gasteiger partial charge in [-0.2, -0.15) is 0 Å². The lowest BCUT2D eigenvalue weighted by Gasteiger charge is -2.44. The van der Waals surface area contributed by atoms with Gasteiger partial charge in [0.1, 0.15) is 0 Å². The summed E-state index contributed by atoms with van der Waals surface area (Å²) >= 11 is 5.78. The van der Waals surface area contributed by atoms with Crippen molar-refractivity contribution in [1.82, 2.24) is 5.09 Å². The quantitative estimate of drug-likeness (QED) is 0.663. The Hall–Kier alpha value is 0.610. The summed E-state index contributed by atoms with van der Waals surface area (Å²) in [5, 5.41) is 3.79. The van der Waals surface area contributed by atoms with Crippen LogP contribution in [0.5, 0.6) is 0 Å². The molecule has 0 rings (SSSR count). The van der Waals surface area contributed by atoms with Crippen LogP contribution in [0.2, 0.25) is 0 Å². The molecule has 3 heteroatoms. The largest absolute Gasteiger partial charge is 0.291 e. The Bertz CT molecular complexity index is 180. The van der Waals surface area contributed by atoms with E-state index in [0.717, 1.165) is 0 Å². The van der Waals surface area contributed by atoms with Crippen molar-refractivity contribution < 1.29 is 0 Å². The van der Waals surface area contributed by atoms with E-state index in [0.29, 0.717) is 0 Å². The zero-order valence-corrected chi connectivity index (χ0v) is 11.1. The van der Waals surface area contributed by atoms with Crippen LogP contribution in [-0.2, 0) is 11.8 Å². The number of nitrogens with one attached hydrogen (secondary N) is 1. The van der Waals surface area contributed by atoms with Gasteiger partial charge in [-0.15, -0.1) is 0 Å². The molecule has 1 nitrogen and oxygen atoms in total. The van der Waals surface area contributed by atoms with Gasteiger partial charge in [0.25, 0.3) is 0 Å². The van der Waals surface area contributed by atoms with E-state index in [9.17, 15) is 0 Å². The minimum Gasteiger partial charge on any atom is -0.291 e. The molecule has 0 aromatic heterocycles. The fourth-order valence-corrected chi connectivity index (χ4v) is 5.03. The fourth-order valence-electron chi connectivity index (χ4n) is 1.68. The van der Waals surface area contributed by atoms with Crippen LogP contribution in [-0.4, -0.2) is 17.4 Å². The van der Waals surface area contributed by atoms with E-state index in [1.54, 1.807) is 0 Å². The molecule has 0 aliphatic carbocycles. The lowest BCUT2D eigenvalue weighted by Crippen LogP contribution is -2.34. The predicted molar refractivity (Wildman–Crippen MR) is 62.9 cm³/mol. The Morgan fingerprint density at radius 1 is 0.917 bits per heavy atom. The zero-order chi connectivity index (χ0) is 10.2. The monoisotopic (exact) mass is 207 g/mol. The molecule has 0 unspecified atom stereocenters. The Balaban J connectivity index is 5.11. The van der Waals surface area contributed by atoms with Gasteiger partial charge in [-0.05, 0) is 7.05 Å². The van der Waals surface area contributed by atoms with E-state index in [1.807, 2.05) is 7.05 Å². The van der Waals surface area contributed by atoms with Crippen LogP contribution in [0.3, 0.4) is 0 Å². The number of rotatable bonds is 1. The summed E-state index contributed by atoms with van der Waals surface area (Å²) < 4.78 is 0. The van der Waals surface area contributed by atoms with Crippen LogP contribution in [0.15, 0.2) is 0 Å². The summed E-state index contributed by atoms with van der Waals surface area (Å²) in [7, 11) is 2.00. The normalized spacial score (nSPS) is 14.9. The average molecular weight is 207 g/mol. The second-order valence-corrected chi connectivity index (χ2v) is 11.2. The van der Waals surface area contributed by atoms with Gasteiger partial charge < -0.3 is 0 Å². The third-order valence-electron chi connectivity index (χ3n) is 2.20. The number of hydrogen-bond donors (Lipinski definition) is 1. The molecule has 0 fully saturated rings. The van der Waals surface area contributed by atoms with E-state index in [1.165, 1.54) is 0 Å². The van der Waals surface area contributed by atoms with Crippen molar-refractivity contribution in [3.8, 4) is 0 Å². The van der Waals surface area contributed by atoms with Gasteiger partial charge >= 0.3 is 0 Å². The maximum absolute atomic E-state index is 5.78. The average Bonchev–Trinajstić information content (AvgIpc) is 1.81. The first-order valence-electron chi connectivity index (χ1n) is 4.35.